The zero-order valence-corrected chi connectivity index (χ0v) is 19.8. The molecule has 0 bridgehead atoms. The van der Waals surface area contributed by atoms with Gasteiger partial charge < -0.3 is 10.1 Å². The minimum atomic E-state index is -0.830. The minimum absolute atomic E-state index is 0.0808. The lowest BCUT2D eigenvalue weighted by molar-refractivity contribution is 0.102. The van der Waals surface area contributed by atoms with Crippen LogP contribution in [0.4, 0.5) is 14.5 Å². The van der Waals surface area contributed by atoms with E-state index in [0.717, 1.165) is 49.8 Å². The number of carbonyl (C=O) groups is 1. The molecule has 4 aromatic rings. The molecule has 12 heteroatoms. The first-order valence-electron chi connectivity index (χ1n) is 11.2. The van der Waals surface area contributed by atoms with Crippen molar-refractivity contribution in [2.75, 3.05) is 12.4 Å². The number of halogens is 2. The van der Waals surface area contributed by atoms with E-state index >= 15 is 0 Å². The van der Waals surface area contributed by atoms with Crippen molar-refractivity contribution in [2.45, 2.75) is 44.9 Å². The Morgan fingerprint density at radius 2 is 2.00 bits per heavy atom. The maximum Gasteiger partial charge on any atom is 0.275 e. The molecule has 1 aliphatic carbocycles. The molecular weight excluding hydrogens is 476 g/mol. The lowest BCUT2D eigenvalue weighted by Gasteiger charge is -2.21. The Hall–Kier alpha value is -3.51. The molecule has 1 saturated carbocycles. The van der Waals surface area contributed by atoms with Crippen molar-refractivity contribution in [3.63, 3.8) is 0 Å². The number of anilines is 1. The number of nitrogens with one attached hydrogen (secondary N) is 1. The van der Waals surface area contributed by atoms with Gasteiger partial charge in [-0.05, 0) is 25.0 Å². The van der Waals surface area contributed by atoms with Crippen LogP contribution in [0.5, 0.6) is 0 Å². The fourth-order valence-corrected chi connectivity index (χ4v) is 4.92. The molecule has 0 radical (unpaired) electrons. The summed E-state index contributed by atoms with van der Waals surface area (Å²) in [5, 5.41) is 13.7. The van der Waals surface area contributed by atoms with Crippen LogP contribution in [-0.2, 0) is 11.5 Å². The summed E-state index contributed by atoms with van der Waals surface area (Å²) in [7, 11) is 1.57. The van der Waals surface area contributed by atoms with Gasteiger partial charge in [-0.25, -0.2) is 19.0 Å². The summed E-state index contributed by atoms with van der Waals surface area (Å²) in [6.07, 6.45) is 10.2. The zero-order chi connectivity index (χ0) is 24.4. The molecule has 1 aliphatic rings. The third-order valence-corrected chi connectivity index (χ3v) is 6.74. The number of hydrogen-bond acceptors (Lipinski definition) is 7. The number of pyridine rings is 1. The SMILES string of the molecule is COCn1cc(-c2nc(C(=O)Nc3cn(C4CCCCC4)nc3-c3nc(F)ccc3F)cs2)cn1. The van der Waals surface area contributed by atoms with E-state index in [-0.39, 0.29) is 28.8 Å². The highest BCUT2D eigenvalue weighted by Crippen LogP contribution is 2.34. The highest BCUT2D eigenvalue weighted by Gasteiger charge is 2.24. The molecule has 0 saturated heterocycles. The van der Waals surface area contributed by atoms with Crippen LogP contribution in [0.15, 0.2) is 36.1 Å². The molecule has 1 N–H and O–H groups in total. The molecule has 35 heavy (non-hydrogen) atoms. The monoisotopic (exact) mass is 499 g/mol. The quantitative estimate of drug-likeness (QED) is 0.363. The topological polar surface area (TPSA) is 99.8 Å². The van der Waals surface area contributed by atoms with E-state index in [4.69, 9.17) is 4.74 Å². The third-order valence-electron chi connectivity index (χ3n) is 5.84. The van der Waals surface area contributed by atoms with Gasteiger partial charge in [-0.15, -0.1) is 11.3 Å². The maximum absolute atomic E-state index is 14.6. The molecule has 0 aliphatic heterocycles. The number of thiazole rings is 1. The second-order valence-electron chi connectivity index (χ2n) is 8.31. The van der Waals surface area contributed by atoms with E-state index in [1.54, 1.807) is 40.4 Å². The van der Waals surface area contributed by atoms with Gasteiger partial charge in [-0.1, -0.05) is 19.3 Å². The maximum atomic E-state index is 14.6. The summed E-state index contributed by atoms with van der Waals surface area (Å²) >= 11 is 1.30. The Morgan fingerprint density at radius 3 is 2.80 bits per heavy atom. The Balaban J connectivity index is 1.43. The van der Waals surface area contributed by atoms with Crippen molar-refractivity contribution in [3.8, 4) is 22.0 Å². The molecule has 4 aromatic heterocycles. The van der Waals surface area contributed by atoms with Crippen LogP contribution in [0.3, 0.4) is 0 Å². The Morgan fingerprint density at radius 1 is 1.17 bits per heavy atom. The smallest absolute Gasteiger partial charge is 0.275 e. The van der Waals surface area contributed by atoms with Crippen molar-refractivity contribution < 1.29 is 18.3 Å². The summed E-state index contributed by atoms with van der Waals surface area (Å²) in [4.78, 5) is 21.2. The minimum Gasteiger partial charge on any atom is -0.362 e. The number of methoxy groups -OCH3 is 1. The second-order valence-corrected chi connectivity index (χ2v) is 9.16. The van der Waals surface area contributed by atoms with Gasteiger partial charge in [-0.3, -0.25) is 9.48 Å². The lowest BCUT2D eigenvalue weighted by Crippen LogP contribution is -2.14. The van der Waals surface area contributed by atoms with E-state index in [1.165, 1.54) is 11.3 Å². The van der Waals surface area contributed by atoms with Crippen LogP contribution in [0, 0.1) is 11.8 Å². The molecular formula is C23H23F2N7O2S. The number of carbonyl (C=O) groups excluding carboxylic acids is 1. The highest BCUT2D eigenvalue weighted by atomic mass is 32.1. The molecule has 1 amide bonds. The Labute approximate surface area is 203 Å². The van der Waals surface area contributed by atoms with Gasteiger partial charge in [0.1, 0.15) is 28.8 Å². The summed E-state index contributed by atoms with van der Waals surface area (Å²) in [5.74, 6) is -2.04. The van der Waals surface area contributed by atoms with Crippen LogP contribution in [-0.4, -0.2) is 42.5 Å². The van der Waals surface area contributed by atoms with Crippen molar-refractivity contribution in [3.05, 3.63) is 53.6 Å². The summed E-state index contributed by atoms with van der Waals surface area (Å²) in [6, 6.07) is 2.07. The Bertz CT molecular complexity index is 1340. The van der Waals surface area contributed by atoms with Gasteiger partial charge in [0.05, 0.1) is 17.9 Å². The molecule has 5 rings (SSSR count). The van der Waals surface area contributed by atoms with E-state index in [2.05, 4.69) is 25.5 Å². The van der Waals surface area contributed by atoms with Crippen LogP contribution in [0.25, 0.3) is 22.0 Å². The predicted octanol–water partition coefficient (Wildman–Crippen LogP) is 4.90. The van der Waals surface area contributed by atoms with Crippen molar-refractivity contribution in [1.82, 2.24) is 29.5 Å². The van der Waals surface area contributed by atoms with Gasteiger partial charge in [0.2, 0.25) is 5.95 Å². The van der Waals surface area contributed by atoms with Crippen LogP contribution < -0.4 is 5.32 Å². The van der Waals surface area contributed by atoms with Crippen molar-refractivity contribution in [2.24, 2.45) is 0 Å². The molecule has 0 aromatic carbocycles. The fourth-order valence-electron chi connectivity index (χ4n) is 4.15. The molecule has 4 heterocycles. The zero-order valence-electron chi connectivity index (χ0n) is 18.9. The number of aromatic nitrogens is 6. The molecule has 0 unspecified atom stereocenters. The molecule has 1 fully saturated rings. The second kappa shape index (κ2) is 10.0. The summed E-state index contributed by atoms with van der Waals surface area (Å²) < 4.78 is 36.8. The first kappa shape index (κ1) is 23.2. The lowest BCUT2D eigenvalue weighted by atomic mass is 9.96. The standard InChI is InChI=1S/C23H23F2N7O2S/c1-34-13-31-10-14(9-26-31)23-28-18(12-35-23)22(33)27-17-11-32(15-5-3-2-4-6-15)30-21(17)20-16(24)7-8-19(25)29-20/h7-12,15H,2-6,13H2,1H3,(H,27,33). The first-order chi connectivity index (χ1) is 17.0. The van der Waals surface area contributed by atoms with Gasteiger partial charge >= 0.3 is 0 Å². The normalized spacial score (nSPS) is 14.4. The highest BCUT2D eigenvalue weighted by molar-refractivity contribution is 7.13. The largest absolute Gasteiger partial charge is 0.362 e. The van der Waals surface area contributed by atoms with Crippen molar-refractivity contribution in [1.29, 1.82) is 0 Å². The van der Waals surface area contributed by atoms with E-state index in [0.29, 0.717) is 11.7 Å². The number of amides is 1. The van der Waals surface area contributed by atoms with Crippen LogP contribution in [0.1, 0.15) is 48.6 Å². The third kappa shape index (κ3) is 4.98. The molecule has 0 spiro atoms. The van der Waals surface area contributed by atoms with Gasteiger partial charge in [0, 0.05) is 30.4 Å². The van der Waals surface area contributed by atoms with Crippen LogP contribution >= 0.6 is 11.3 Å². The van der Waals surface area contributed by atoms with E-state index < -0.39 is 17.7 Å². The average Bonchev–Trinajstić information content (AvgIpc) is 3.61. The Kier molecular flexibility index (Phi) is 6.64. The number of rotatable bonds is 7. The molecule has 182 valence electrons. The first-order valence-corrected chi connectivity index (χ1v) is 12.1. The number of ether oxygens (including phenoxy) is 1. The summed E-state index contributed by atoms with van der Waals surface area (Å²) in [5.41, 5.74) is 1.02. The fraction of sp³-hybridized carbons (Fsp3) is 0.348. The van der Waals surface area contributed by atoms with Crippen LogP contribution in [0.2, 0.25) is 0 Å². The van der Waals surface area contributed by atoms with Gasteiger partial charge in [0.25, 0.3) is 5.91 Å². The molecule has 9 nitrogen and oxygen atoms in total. The number of hydrogen-bond donors (Lipinski definition) is 1. The van der Waals surface area contributed by atoms with Crippen molar-refractivity contribution >= 4 is 22.9 Å². The van der Waals surface area contributed by atoms with Gasteiger partial charge in [-0.2, -0.15) is 14.6 Å². The predicted molar refractivity (Wildman–Crippen MR) is 126 cm³/mol. The number of nitrogens with zero attached hydrogens (tertiary/aromatic N) is 6. The van der Waals surface area contributed by atoms with Gasteiger partial charge in [0.15, 0.2) is 5.82 Å². The molecule has 0 atom stereocenters. The van der Waals surface area contributed by atoms with E-state index in [9.17, 15) is 13.6 Å². The average molecular weight is 500 g/mol. The van der Waals surface area contributed by atoms with E-state index in [1.807, 2.05) is 0 Å². The summed E-state index contributed by atoms with van der Waals surface area (Å²) in [6.45, 7) is 0.303.